The highest BCUT2D eigenvalue weighted by Gasteiger charge is 2.47. The number of anilines is 1. The topological polar surface area (TPSA) is 112 Å². The molecule has 1 N–H and O–H groups in total. The molecular formula is C29H26ClNO8. The number of amides is 1. The van der Waals surface area contributed by atoms with E-state index in [1.165, 1.54) is 50.5 Å². The number of aliphatic hydroxyl groups is 1. The van der Waals surface area contributed by atoms with Crippen molar-refractivity contribution in [2.24, 2.45) is 0 Å². The van der Waals surface area contributed by atoms with Gasteiger partial charge in [0.2, 0.25) is 0 Å². The van der Waals surface area contributed by atoms with Crippen LogP contribution in [0.15, 0.2) is 66.2 Å². The van der Waals surface area contributed by atoms with Gasteiger partial charge in [-0.3, -0.25) is 14.5 Å². The predicted molar refractivity (Wildman–Crippen MR) is 145 cm³/mol. The molecule has 1 atom stereocenters. The van der Waals surface area contributed by atoms with Crippen molar-refractivity contribution in [2.45, 2.75) is 13.0 Å². The summed E-state index contributed by atoms with van der Waals surface area (Å²) in [5, 5.41) is 11.7. The summed E-state index contributed by atoms with van der Waals surface area (Å²) in [5.74, 6) is -1.69. The molecule has 1 aliphatic rings. The first-order valence-corrected chi connectivity index (χ1v) is 12.3. The van der Waals surface area contributed by atoms with Crippen LogP contribution >= 0.6 is 11.6 Å². The minimum atomic E-state index is -1.02. The molecule has 1 saturated heterocycles. The third-order valence-corrected chi connectivity index (χ3v) is 6.56. The standard InChI is InChI=1S/C29H26ClNO8/c1-5-39-29(35)17-6-10-18(11-7-17)31-25(16-8-12-19(36-2)13-9-16)24(27(33)28(31)34)26(32)20-14-21(30)23(38-4)15-22(20)37-3/h6-15,25,32H,5H2,1-4H3/b26-24+. The third kappa shape index (κ3) is 5.13. The summed E-state index contributed by atoms with van der Waals surface area (Å²) in [5.41, 5.74) is 1.10. The number of ketones is 1. The molecule has 0 bridgehead atoms. The molecule has 202 valence electrons. The Balaban J connectivity index is 1.91. The van der Waals surface area contributed by atoms with Gasteiger partial charge in [0.05, 0.1) is 55.7 Å². The second-order valence-corrected chi connectivity index (χ2v) is 8.80. The molecule has 0 aromatic heterocycles. The van der Waals surface area contributed by atoms with Gasteiger partial charge in [0.15, 0.2) is 0 Å². The van der Waals surface area contributed by atoms with Crippen LogP contribution in [-0.2, 0) is 14.3 Å². The van der Waals surface area contributed by atoms with Gasteiger partial charge in [-0.15, -0.1) is 0 Å². The highest BCUT2D eigenvalue weighted by Crippen LogP contribution is 2.45. The second kappa shape index (κ2) is 11.5. The first kappa shape index (κ1) is 27.5. The maximum Gasteiger partial charge on any atom is 0.338 e. The van der Waals surface area contributed by atoms with Gasteiger partial charge in [-0.2, -0.15) is 0 Å². The lowest BCUT2D eigenvalue weighted by molar-refractivity contribution is -0.132. The van der Waals surface area contributed by atoms with Crippen molar-refractivity contribution in [2.75, 3.05) is 32.8 Å². The van der Waals surface area contributed by atoms with E-state index >= 15 is 0 Å². The SMILES string of the molecule is CCOC(=O)c1ccc(N2C(=O)C(=O)/C(=C(/O)c3cc(Cl)c(OC)cc3OC)C2c2ccc(OC)cc2)cc1. The Morgan fingerprint density at radius 3 is 2.13 bits per heavy atom. The van der Waals surface area contributed by atoms with Gasteiger partial charge in [-0.05, 0) is 55.0 Å². The normalized spacial score (nSPS) is 16.2. The quantitative estimate of drug-likeness (QED) is 0.177. The van der Waals surface area contributed by atoms with Gasteiger partial charge in [-0.1, -0.05) is 23.7 Å². The van der Waals surface area contributed by atoms with Crippen LogP contribution in [0.25, 0.3) is 5.76 Å². The summed E-state index contributed by atoms with van der Waals surface area (Å²) in [6, 6.07) is 14.7. The van der Waals surface area contributed by atoms with Crippen molar-refractivity contribution in [3.8, 4) is 17.2 Å². The number of methoxy groups -OCH3 is 3. The molecule has 9 nitrogen and oxygen atoms in total. The average molecular weight is 552 g/mol. The molecule has 1 unspecified atom stereocenters. The van der Waals surface area contributed by atoms with Crippen molar-refractivity contribution in [1.82, 2.24) is 0 Å². The number of hydrogen-bond acceptors (Lipinski definition) is 8. The zero-order valence-corrected chi connectivity index (χ0v) is 22.4. The maximum atomic E-state index is 13.5. The van der Waals surface area contributed by atoms with Crippen molar-refractivity contribution in [3.63, 3.8) is 0 Å². The summed E-state index contributed by atoms with van der Waals surface area (Å²) in [7, 11) is 4.35. The van der Waals surface area contributed by atoms with E-state index in [0.717, 1.165) is 0 Å². The Kier molecular flexibility index (Phi) is 8.11. The van der Waals surface area contributed by atoms with Crippen LogP contribution in [0.1, 0.15) is 34.5 Å². The van der Waals surface area contributed by atoms with Crippen LogP contribution < -0.4 is 19.1 Å². The van der Waals surface area contributed by atoms with Gasteiger partial charge in [-0.25, -0.2) is 4.79 Å². The van der Waals surface area contributed by atoms with Crippen molar-refractivity contribution < 1.29 is 38.4 Å². The molecule has 4 rings (SSSR count). The van der Waals surface area contributed by atoms with E-state index < -0.39 is 29.5 Å². The molecule has 1 heterocycles. The fraction of sp³-hybridized carbons (Fsp3) is 0.207. The van der Waals surface area contributed by atoms with Crippen LogP contribution in [0.4, 0.5) is 5.69 Å². The molecule has 3 aromatic carbocycles. The molecule has 39 heavy (non-hydrogen) atoms. The Bertz CT molecular complexity index is 1450. The molecule has 1 amide bonds. The number of carbonyl (C=O) groups is 3. The molecule has 3 aromatic rings. The number of rotatable bonds is 8. The molecule has 10 heteroatoms. The first-order valence-electron chi connectivity index (χ1n) is 11.9. The van der Waals surface area contributed by atoms with Gasteiger partial charge in [0.1, 0.15) is 23.0 Å². The second-order valence-electron chi connectivity index (χ2n) is 8.40. The molecule has 0 saturated carbocycles. The molecule has 0 spiro atoms. The Morgan fingerprint density at radius 1 is 0.923 bits per heavy atom. The fourth-order valence-corrected chi connectivity index (χ4v) is 4.60. The van der Waals surface area contributed by atoms with Crippen LogP contribution in [0.5, 0.6) is 17.2 Å². The van der Waals surface area contributed by atoms with E-state index in [2.05, 4.69) is 0 Å². The van der Waals surface area contributed by atoms with Gasteiger partial charge >= 0.3 is 5.97 Å². The summed E-state index contributed by atoms with van der Waals surface area (Å²) >= 11 is 6.32. The molecule has 0 aliphatic carbocycles. The monoisotopic (exact) mass is 551 g/mol. The molecule has 1 fully saturated rings. The fourth-order valence-electron chi connectivity index (χ4n) is 4.36. The van der Waals surface area contributed by atoms with Crippen LogP contribution in [0.2, 0.25) is 5.02 Å². The average Bonchev–Trinajstić information content (AvgIpc) is 3.22. The number of nitrogens with zero attached hydrogens (tertiary/aromatic N) is 1. The third-order valence-electron chi connectivity index (χ3n) is 6.26. The maximum absolute atomic E-state index is 13.5. The zero-order valence-electron chi connectivity index (χ0n) is 21.7. The Hall–Kier alpha value is -4.50. The lowest BCUT2D eigenvalue weighted by Gasteiger charge is -2.26. The van der Waals surface area contributed by atoms with E-state index in [1.807, 2.05) is 0 Å². The predicted octanol–water partition coefficient (Wildman–Crippen LogP) is 5.17. The van der Waals surface area contributed by atoms with E-state index in [9.17, 15) is 19.5 Å². The number of hydrogen-bond donors (Lipinski definition) is 1. The largest absolute Gasteiger partial charge is 0.507 e. The number of ether oxygens (including phenoxy) is 4. The van der Waals surface area contributed by atoms with Crippen molar-refractivity contribution >= 4 is 40.7 Å². The van der Waals surface area contributed by atoms with E-state index in [0.29, 0.717) is 22.7 Å². The minimum Gasteiger partial charge on any atom is -0.507 e. The molecular weight excluding hydrogens is 526 g/mol. The lowest BCUT2D eigenvalue weighted by atomic mass is 9.94. The Labute approximate surface area is 230 Å². The van der Waals surface area contributed by atoms with Crippen LogP contribution in [-0.4, -0.2) is 50.7 Å². The minimum absolute atomic E-state index is 0.109. The van der Waals surface area contributed by atoms with Gasteiger partial charge in [0, 0.05) is 11.8 Å². The van der Waals surface area contributed by atoms with Crippen LogP contribution in [0.3, 0.4) is 0 Å². The number of esters is 1. The number of Topliss-reactive ketones (excluding diaryl/α,β-unsaturated/α-hetero) is 1. The van der Waals surface area contributed by atoms with Gasteiger partial charge in [0.25, 0.3) is 11.7 Å². The zero-order chi connectivity index (χ0) is 28.3. The Morgan fingerprint density at radius 2 is 1.56 bits per heavy atom. The summed E-state index contributed by atoms with van der Waals surface area (Å²) in [6.07, 6.45) is 0. The number of halogens is 1. The molecule has 0 radical (unpaired) electrons. The van der Waals surface area contributed by atoms with Crippen molar-refractivity contribution in [1.29, 1.82) is 0 Å². The number of carbonyl (C=O) groups excluding carboxylic acids is 3. The smallest absolute Gasteiger partial charge is 0.338 e. The van der Waals surface area contributed by atoms with Gasteiger partial charge < -0.3 is 24.1 Å². The number of aliphatic hydroxyl groups excluding tert-OH is 1. The molecule has 1 aliphatic heterocycles. The van der Waals surface area contributed by atoms with E-state index in [1.54, 1.807) is 43.3 Å². The lowest BCUT2D eigenvalue weighted by Crippen LogP contribution is -2.29. The van der Waals surface area contributed by atoms with E-state index in [4.69, 9.17) is 30.5 Å². The van der Waals surface area contributed by atoms with Crippen molar-refractivity contribution in [3.05, 3.63) is 87.9 Å². The summed E-state index contributed by atoms with van der Waals surface area (Å²) in [6.45, 7) is 1.91. The summed E-state index contributed by atoms with van der Waals surface area (Å²) < 4.78 is 20.9. The van der Waals surface area contributed by atoms with Crippen LogP contribution in [0, 0.1) is 0 Å². The highest BCUT2D eigenvalue weighted by molar-refractivity contribution is 6.51. The van der Waals surface area contributed by atoms with E-state index in [-0.39, 0.29) is 34.1 Å². The summed E-state index contributed by atoms with van der Waals surface area (Å²) in [4.78, 5) is 40.3. The highest BCUT2D eigenvalue weighted by atomic mass is 35.5. The number of benzene rings is 3. The first-order chi connectivity index (χ1) is 18.7.